The van der Waals surface area contributed by atoms with Crippen LogP contribution in [0.1, 0.15) is 26.7 Å². The van der Waals surface area contributed by atoms with Crippen LogP contribution in [-0.4, -0.2) is 22.3 Å². The van der Waals surface area contributed by atoms with Gasteiger partial charge in [-0.3, -0.25) is 4.79 Å². The van der Waals surface area contributed by atoms with Crippen LogP contribution in [0, 0.1) is 5.92 Å². The van der Waals surface area contributed by atoms with Crippen molar-refractivity contribution < 1.29 is 15.0 Å². The first kappa shape index (κ1) is 11.2. The van der Waals surface area contributed by atoms with Crippen molar-refractivity contribution in [3.63, 3.8) is 0 Å². The highest BCUT2D eigenvalue weighted by atomic mass is 16.4. The molecule has 0 radical (unpaired) electrons. The van der Waals surface area contributed by atoms with Gasteiger partial charge < -0.3 is 10.2 Å². The summed E-state index contributed by atoms with van der Waals surface area (Å²) in [6.07, 6.45) is 3.86. The second-order valence-corrected chi connectivity index (χ2v) is 3.02. The third-order valence-electron chi connectivity index (χ3n) is 1.79. The standard InChI is InChI=1S/C9H16O3/c1-7(8(2)10)5-3-4-6-9(11)12/h3-4,7-8,10H,5-6H2,1-2H3,(H,11,12)/b4-3+. The van der Waals surface area contributed by atoms with Gasteiger partial charge in [-0.1, -0.05) is 19.1 Å². The lowest BCUT2D eigenvalue weighted by Crippen LogP contribution is -2.11. The Balaban J connectivity index is 3.53. The summed E-state index contributed by atoms with van der Waals surface area (Å²) < 4.78 is 0. The molecule has 0 saturated carbocycles. The molecule has 0 aliphatic carbocycles. The molecule has 0 heterocycles. The van der Waals surface area contributed by atoms with Gasteiger partial charge in [0.1, 0.15) is 0 Å². The summed E-state index contributed by atoms with van der Waals surface area (Å²) in [5.41, 5.74) is 0. The van der Waals surface area contributed by atoms with Crippen molar-refractivity contribution in [2.24, 2.45) is 5.92 Å². The largest absolute Gasteiger partial charge is 0.481 e. The van der Waals surface area contributed by atoms with Crippen LogP contribution >= 0.6 is 0 Å². The summed E-state index contributed by atoms with van der Waals surface area (Å²) in [7, 11) is 0. The van der Waals surface area contributed by atoms with Crippen molar-refractivity contribution in [2.45, 2.75) is 32.8 Å². The van der Waals surface area contributed by atoms with Crippen LogP contribution in [0.15, 0.2) is 12.2 Å². The predicted molar refractivity (Wildman–Crippen MR) is 46.9 cm³/mol. The van der Waals surface area contributed by atoms with Crippen molar-refractivity contribution in [1.29, 1.82) is 0 Å². The average Bonchev–Trinajstić information content (AvgIpc) is 1.97. The molecular weight excluding hydrogens is 156 g/mol. The summed E-state index contributed by atoms with van der Waals surface area (Å²) in [4.78, 5) is 10.1. The van der Waals surface area contributed by atoms with E-state index < -0.39 is 5.97 Å². The van der Waals surface area contributed by atoms with Gasteiger partial charge in [0.05, 0.1) is 12.5 Å². The van der Waals surface area contributed by atoms with Gasteiger partial charge in [-0.05, 0) is 19.3 Å². The van der Waals surface area contributed by atoms with Gasteiger partial charge >= 0.3 is 5.97 Å². The molecule has 70 valence electrons. The van der Waals surface area contributed by atoms with E-state index >= 15 is 0 Å². The van der Waals surface area contributed by atoms with E-state index in [0.29, 0.717) is 0 Å². The Bertz CT molecular complexity index is 161. The van der Waals surface area contributed by atoms with E-state index in [-0.39, 0.29) is 18.4 Å². The second-order valence-electron chi connectivity index (χ2n) is 3.02. The van der Waals surface area contributed by atoms with Crippen LogP contribution < -0.4 is 0 Å². The quantitative estimate of drug-likeness (QED) is 0.617. The summed E-state index contributed by atoms with van der Waals surface area (Å²) in [6.45, 7) is 3.66. The molecule has 2 N–H and O–H groups in total. The van der Waals surface area contributed by atoms with Gasteiger partial charge in [0.15, 0.2) is 0 Å². The normalized spacial score (nSPS) is 16.2. The van der Waals surface area contributed by atoms with Crippen molar-refractivity contribution in [1.82, 2.24) is 0 Å². The first-order valence-electron chi connectivity index (χ1n) is 4.09. The molecule has 0 amide bonds. The SMILES string of the molecule is CC(O)C(C)C/C=C/CC(=O)O. The fourth-order valence-corrected chi connectivity index (χ4v) is 0.692. The van der Waals surface area contributed by atoms with E-state index in [1.807, 2.05) is 6.92 Å². The molecule has 3 nitrogen and oxygen atoms in total. The van der Waals surface area contributed by atoms with Crippen molar-refractivity contribution in [2.75, 3.05) is 0 Å². The number of allylic oxidation sites excluding steroid dienone is 1. The average molecular weight is 172 g/mol. The molecule has 0 bridgehead atoms. The van der Waals surface area contributed by atoms with Gasteiger partial charge in [-0.15, -0.1) is 0 Å². The molecule has 3 heteroatoms. The lowest BCUT2D eigenvalue weighted by molar-refractivity contribution is -0.136. The summed E-state index contributed by atoms with van der Waals surface area (Å²) in [5.74, 6) is -0.633. The molecule has 0 aromatic rings. The molecule has 0 fully saturated rings. The summed E-state index contributed by atoms with van der Waals surface area (Å²) in [6, 6.07) is 0. The Kier molecular flexibility index (Phi) is 5.37. The first-order chi connectivity index (χ1) is 5.54. The maximum absolute atomic E-state index is 10.1. The van der Waals surface area contributed by atoms with E-state index in [9.17, 15) is 4.79 Å². The number of hydrogen-bond donors (Lipinski definition) is 2. The van der Waals surface area contributed by atoms with Crippen molar-refractivity contribution >= 4 is 5.97 Å². The lowest BCUT2D eigenvalue weighted by atomic mass is 10.0. The zero-order valence-electron chi connectivity index (χ0n) is 7.53. The number of aliphatic carboxylic acids is 1. The highest BCUT2D eigenvalue weighted by Crippen LogP contribution is 2.07. The Morgan fingerprint density at radius 1 is 1.42 bits per heavy atom. The molecule has 0 aromatic heterocycles. The topological polar surface area (TPSA) is 57.5 Å². The van der Waals surface area contributed by atoms with Gasteiger partial charge in [0, 0.05) is 0 Å². The lowest BCUT2D eigenvalue weighted by Gasteiger charge is -2.10. The van der Waals surface area contributed by atoms with Crippen LogP contribution in [0.2, 0.25) is 0 Å². The highest BCUT2D eigenvalue weighted by Gasteiger charge is 2.05. The zero-order chi connectivity index (χ0) is 9.56. The number of hydrogen-bond acceptors (Lipinski definition) is 2. The van der Waals surface area contributed by atoms with Gasteiger partial charge in [-0.25, -0.2) is 0 Å². The fraction of sp³-hybridized carbons (Fsp3) is 0.667. The van der Waals surface area contributed by atoms with Gasteiger partial charge in [0.2, 0.25) is 0 Å². The zero-order valence-corrected chi connectivity index (χ0v) is 7.53. The molecular formula is C9H16O3. The number of carboxylic acids is 1. The number of aliphatic hydroxyl groups is 1. The minimum atomic E-state index is -0.823. The molecule has 0 rings (SSSR count). The smallest absolute Gasteiger partial charge is 0.307 e. The van der Waals surface area contributed by atoms with Crippen LogP contribution in [0.4, 0.5) is 0 Å². The third-order valence-corrected chi connectivity index (χ3v) is 1.79. The van der Waals surface area contributed by atoms with Crippen LogP contribution in [0.3, 0.4) is 0 Å². The number of carboxylic acid groups (broad SMARTS) is 1. The Hall–Kier alpha value is -0.830. The molecule has 12 heavy (non-hydrogen) atoms. The first-order valence-corrected chi connectivity index (χ1v) is 4.09. The number of carbonyl (C=O) groups is 1. The maximum atomic E-state index is 10.1. The van der Waals surface area contributed by atoms with Crippen molar-refractivity contribution in [3.8, 4) is 0 Å². The van der Waals surface area contributed by atoms with Crippen LogP contribution in [0.5, 0.6) is 0 Å². The second kappa shape index (κ2) is 5.77. The predicted octanol–water partition coefficient (Wildman–Crippen LogP) is 1.42. The molecule has 0 aromatic carbocycles. The Morgan fingerprint density at radius 2 is 2.00 bits per heavy atom. The molecule has 0 spiro atoms. The van der Waals surface area contributed by atoms with Crippen LogP contribution in [0.25, 0.3) is 0 Å². The highest BCUT2D eigenvalue weighted by molar-refractivity contribution is 5.68. The number of aliphatic hydroxyl groups excluding tert-OH is 1. The number of rotatable bonds is 5. The van der Waals surface area contributed by atoms with Crippen LogP contribution in [-0.2, 0) is 4.79 Å². The minimum Gasteiger partial charge on any atom is -0.481 e. The maximum Gasteiger partial charge on any atom is 0.307 e. The minimum absolute atomic E-state index is 0.0620. The Labute approximate surface area is 72.7 Å². The van der Waals surface area contributed by atoms with Crippen molar-refractivity contribution in [3.05, 3.63) is 12.2 Å². The molecule has 0 aliphatic rings. The molecule has 2 atom stereocenters. The van der Waals surface area contributed by atoms with E-state index in [2.05, 4.69) is 0 Å². The van der Waals surface area contributed by atoms with Gasteiger partial charge in [-0.2, -0.15) is 0 Å². The molecule has 2 unspecified atom stereocenters. The van der Waals surface area contributed by atoms with E-state index in [1.54, 1.807) is 19.1 Å². The van der Waals surface area contributed by atoms with E-state index in [0.717, 1.165) is 6.42 Å². The van der Waals surface area contributed by atoms with E-state index in [4.69, 9.17) is 10.2 Å². The fourth-order valence-electron chi connectivity index (χ4n) is 0.692. The molecule has 0 aliphatic heterocycles. The summed E-state index contributed by atoms with van der Waals surface area (Å²) in [5, 5.41) is 17.4. The van der Waals surface area contributed by atoms with Gasteiger partial charge in [0.25, 0.3) is 0 Å². The third kappa shape index (κ3) is 5.92. The molecule has 0 saturated heterocycles. The summed E-state index contributed by atoms with van der Waals surface area (Å²) >= 11 is 0. The van der Waals surface area contributed by atoms with E-state index in [1.165, 1.54) is 0 Å². The monoisotopic (exact) mass is 172 g/mol. The Morgan fingerprint density at radius 3 is 2.42 bits per heavy atom.